The zero-order chi connectivity index (χ0) is 34.6. The van der Waals surface area contributed by atoms with Gasteiger partial charge in [0.15, 0.2) is 5.29 Å². The van der Waals surface area contributed by atoms with Gasteiger partial charge in [0.1, 0.15) is 30.2 Å². The van der Waals surface area contributed by atoms with E-state index in [0.29, 0.717) is 43.7 Å². The van der Waals surface area contributed by atoms with E-state index >= 15 is 0 Å². The molecule has 5 rings (SSSR count). The van der Waals surface area contributed by atoms with Gasteiger partial charge in [-0.25, -0.2) is 4.79 Å². The standard InChI is InChI=1S/C38H41ClN4O6.H3N.H2/c1-47-37(46)30-16-7-9-23-48-31-20-18-25-11-2-4-13-27(25)34(31)35-28-14-5-3-12-26(28)19-21-32(35)49-24-10-17-33(44)42-29(36(45)43-30)15-6-8-22-41-38(39)40;;/h2-5,7,9,11-14,18-21,29-30H,6,8,10,15-17,22-24H2,1H3,(H2,40,41)(H,42,44)(H,43,45);1H3;1H/b9-7+;;/t29-,30+;;/m1../s1/i;;1+1. The molecule has 0 fully saturated rings. The molecule has 1 heterocycles. The number of esters is 1. The molecule has 0 saturated carbocycles. The summed E-state index contributed by atoms with van der Waals surface area (Å²) in [6.07, 6.45) is 5.78. The number of amides is 2. The van der Waals surface area contributed by atoms with Crippen molar-refractivity contribution in [1.29, 1.82) is 0 Å². The highest BCUT2D eigenvalue weighted by molar-refractivity contribution is 6.64. The van der Waals surface area contributed by atoms with Crippen LogP contribution in [0.3, 0.4) is 0 Å². The van der Waals surface area contributed by atoms with E-state index in [1.54, 1.807) is 12.2 Å². The molecule has 12 heteroatoms. The normalized spacial score (nSPS) is 18.3. The highest BCUT2D eigenvalue weighted by Crippen LogP contribution is 2.45. The molecule has 1 aliphatic heterocycles. The first-order valence-electron chi connectivity index (χ1n) is 16.4. The molecule has 0 radical (unpaired) electrons. The van der Waals surface area contributed by atoms with Crippen molar-refractivity contribution in [3.63, 3.8) is 0 Å². The maximum atomic E-state index is 13.4. The van der Waals surface area contributed by atoms with Gasteiger partial charge in [-0.3, -0.25) is 14.6 Å². The predicted molar refractivity (Wildman–Crippen MR) is 200 cm³/mol. The molecule has 0 bridgehead atoms. The first-order chi connectivity index (χ1) is 23.9. The summed E-state index contributed by atoms with van der Waals surface area (Å²) >= 11 is 5.62. The van der Waals surface area contributed by atoms with Crippen LogP contribution in [0.15, 0.2) is 89.9 Å². The lowest BCUT2D eigenvalue weighted by Gasteiger charge is -2.22. The lowest BCUT2D eigenvalue weighted by Crippen LogP contribution is -2.51. The first kappa shape index (κ1) is 37.7. The summed E-state index contributed by atoms with van der Waals surface area (Å²) < 4.78 is 17.8. The van der Waals surface area contributed by atoms with Crippen LogP contribution in [0, 0.1) is 0 Å². The second-order valence-electron chi connectivity index (χ2n) is 11.7. The van der Waals surface area contributed by atoms with Gasteiger partial charge in [0.2, 0.25) is 11.8 Å². The lowest BCUT2D eigenvalue weighted by molar-refractivity contribution is -0.145. The van der Waals surface area contributed by atoms with Crippen LogP contribution in [0.25, 0.3) is 32.7 Å². The monoisotopic (exact) mass is 704 g/mol. The zero-order valence-corrected chi connectivity index (χ0v) is 28.9. The smallest absolute Gasteiger partial charge is 0.328 e. The number of unbranched alkanes of at least 4 members (excludes halogenated alkanes) is 1. The number of amidine groups is 1. The largest absolute Gasteiger partial charge is 0.493 e. The SMILES string of the molecule is COC(=O)[C@@H]1C/C=C/COc2ccc3ccccc3c2-c2c(ccc3ccccc23)OCCCC(=O)N[C@H](CCCCN=C(N)Cl)C(=O)N1.N.[2HH]. The van der Waals surface area contributed by atoms with Crippen LogP contribution in [0.4, 0.5) is 0 Å². The van der Waals surface area contributed by atoms with Gasteiger partial charge in [-0.05, 0) is 77.4 Å². The first-order valence-corrected chi connectivity index (χ1v) is 16.8. The molecule has 1 aliphatic rings. The Labute approximate surface area is 298 Å². The fourth-order valence-electron chi connectivity index (χ4n) is 5.92. The van der Waals surface area contributed by atoms with Crippen LogP contribution >= 0.6 is 11.6 Å². The Kier molecular flexibility index (Phi) is 14.0. The Hall–Kier alpha value is -5.13. The van der Waals surface area contributed by atoms with Crippen molar-refractivity contribution < 1.29 is 30.0 Å². The Morgan fingerprint density at radius 2 is 1.56 bits per heavy atom. The van der Waals surface area contributed by atoms with Crippen LogP contribution in [-0.4, -0.2) is 62.0 Å². The molecule has 2 amide bonds. The molecule has 0 saturated heterocycles. The van der Waals surface area contributed by atoms with E-state index in [4.69, 9.17) is 31.5 Å². The minimum atomic E-state index is -0.959. The Balaban J connectivity index is 0.00000351. The van der Waals surface area contributed by atoms with Crippen molar-refractivity contribution in [2.24, 2.45) is 10.7 Å². The number of nitrogens with two attached hydrogens (primary N) is 1. The number of carbonyl (C=O) groups is 3. The summed E-state index contributed by atoms with van der Waals surface area (Å²) in [5, 5.41) is 9.70. The van der Waals surface area contributed by atoms with Crippen molar-refractivity contribution in [3.05, 3.63) is 84.9 Å². The second kappa shape index (κ2) is 18.6. The molecule has 11 nitrogen and oxygen atoms in total. The van der Waals surface area contributed by atoms with E-state index in [1.807, 2.05) is 48.5 Å². The topological polar surface area (TPSA) is 176 Å². The summed E-state index contributed by atoms with van der Waals surface area (Å²) in [7, 11) is 1.27. The molecule has 50 heavy (non-hydrogen) atoms. The number of carbonyl (C=O) groups excluding carboxylic acids is 3. The number of rotatable bonds is 6. The van der Waals surface area contributed by atoms with Gasteiger partial charge in [-0.15, -0.1) is 0 Å². The van der Waals surface area contributed by atoms with Crippen molar-refractivity contribution in [3.8, 4) is 22.6 Å². The number of hydrogen-bond acceptors (Lipinski definition) is 8. The van der Waals surface area contributed by atoms with E-state index < -0.39 is 24.0 Å². The third-order valence-corrected chi connectivity index (χ3v) is 8.45. The molecule has 4 aromatic rings. The quantitative estimate of drug-likeness (QED) is 0.0443. The maximum absolute atomic E-state index is 13.4. The van der Waals surface area contributed by atoms with Gasteiger partial charge in [0.05, 0.1) is 13.7 Å². The molecular weight excluding hydrogens is 658 g/mol. The molecule has 7 N–H and O–H groups in total. The molecule has 0 unspecified atom stereocenters. The summed E-state index contributed by atoms with van der Waals surface area (Å²) in [4.78, 5) is 43.2. The van der Waals surface area contributed by atoms with Gasteiger partial charge in [0, 0.05) is 25.5 Å². The number of methoxy groups -OCH3 is 1. The van der Waals surface area contributed by atoms with E-state index in [-0.39, 0.29) is 44.8 Å². The minimum absolute atomic E-state index is 0. The van der Waals surface area contributed by atoms with Crippen molar-refractivity contribution in [1.82, 2.24) is 16.8 Å². The predicted octanol–water partition coefficient (Wildman–Crippen LogP) is 6.43. The number of fused-ring (bicyclic) bond motifs is 7. The van der Waals surface area contributed by atoms with Crippen LogP contribution in [0.5, 0.6) is 11.5 Å². The zero-order valence-electron chi connectivity index (χ0n) is 28.2. The fraction of sp³-hybridized carbons (Fsp3) is 0.316. The Morgan fingerprint density at radius 3 is 2.20 bits per heavy atom. The average Bonchev–Trinajstić information content (AvgIpc) is 3.11. The maximum Gasteiger partial charge on any atom is 0.328 e. The van der Waals surface area contributed by atoms with Crippen LogP contribution in [0.2, 0.25) is 0 Å². The molecule has 266 valence electrons. The molecule has 0 spiro atoms. The molecule has 0 aromatic heterocycles. The van der Waals surface area contributed by atoms with Gasteiger partial charge in [-0.1, -0.05) is 72.8 Å². The Bertz CT molecular complexity index is 1870. The number of ether oxygens (including phenoxy) is 3. The van der Waals surface area contributed by atoms with Gasteiger partial charge >= 0.3 is 5.97 Å². The van der Waals surface area contributed by atoms with E-state index in [9.17, 15) is 14.4 Å². The fourth-order valence-corrected chi connectivity index (χ4v) is 6.01. The third-order valence-electron chi connectivity index (χ3n) is 8.33. The summed E-state index contributed by atoms with van der Waals surface area (Å²) in [5.74, 6) is -0.0411. The molecule has 4 aromatic carbocycles. The summed E-state index contributed by atoms with van der Waals surface area (Å²) in [6, 6.07) is 22.4. The van der Waals surface area contributed by atoms with Crippen molar-refractivity contribution in [2.75, 3.05) is 26.9 Å². The summed E-state index contributed by atoms with van der Waals surface area (Å²) in [5.41, 5.74) is 7.21. The number of halogens is 1. The summed E-state index contributed by atoms with van der Waals surface area (Å²) in [6.45, 7) is 0.868. The van der Waals surface area contributed by atoms with Gasteiger partial charge < -0.3 is 36.7 Å². The molecular formula is C38H46ClN5O6. The van der Waals surface area contributed by atoms with Gasteiger partial charge in [-0.2, -0.15) is 0 Å². The number of hydrogen-bond donors (Lipinski definition) is 4. The second-order valence-corrected chi connectivity index (χ2v) is 12.1. The van der Waals surface area contributed by atoms with Crippen molar-refractivity contribution in [2.45, 2.75) is 50.6 Å². The average molecular weight is 705 g/mol. The number of benzene rings is 4. The van der Waals surface area contributed by atoms with E-state index in [2.05, 4.69) is 39.9 Å². The van der Waals surface area contributed by atoms with E-state index in [0.717, 1.165) is 32.7 Å². The number of nitrogens with one attached hydrogen (secondary N) is 2. The van der Waals surface area contributed by atoms with Gasteiger partial charge in [0.25, 0.3) is 0 Å². The van der Waals surface area contributed by atoms with Crippen molar-refractivity contribution >= 4 is 56.2 Å². The van der Waals surface area contributed by atoms with Crippen LogP contribution < -0.4 is 32.0 Å². The van der Waals surface area contributed by atoms with Crippen LogP contribution in [0.1, 0.15) is 40.0 Å². The highest BCUT2D eigenvalue weighted by atomic mass is 35.5. The number of nitrogens with zero attached hydrogens (tertiary/aromatic N) is 1. The van der Waals surface area contributed by atoms with E-state index in [1.165, 1.54) is 7.11 Å². The molecule has 0 aliphatic carbocycles. The molecule has 2 atom stereocenters. The highest BCUT2D eigenvalue weighted by Gasteiger charge is 2.27. The Morgan fingerprint density at radius 1 is 0.920 bits per heavy atom. The lowest BCUT2D eigenvalue weighted by atomic mass is 9.92. The minimum Gasteiger partial charge on any atom is -0.493 e. The van der Waals surface area contributed by atoms with Crippen LogP contribution in [-0.2, 0) is 19.1 Å². The third kappa shape index (κ3) is 9.73. The number of aliphatic imine (C=N–C) groups is 1.